The Kier molecular flexibility index (Phi) is 29.4. The molecule has 5 aromatic rings. The monoisotopic (exact) mass is 1040 g/mol. The topological polar surface area (TPSA) is 44.0 Å². The number of rotatable bonds is 42. The largest absolute Gasteiger partial charge is 0.340 e. The third-order valence-electron chi connectivity index (χ3n) is 17.5. The first-order chi connectivity index (χ1) is 36.9. The van der Waals surface area contributed by atoms with Gasteiger partial charge < -0.3 is 9.13 Å². The molecule has 76 heavy (non-hydrogen) atoms. The van der Waals surface area contributed by atoms with Crippen LogP contribution in [0.1, 0.15) is 323 Å². The lowest BCUT2D eigenvalue weighted by molar-refractivity contribution is 0.518. The van der Waals surface area contributed by atoms with Crippen LogP contribution in [0.2, 0.25) is 0 Å². The van der Waals surface area contributed by atoms with Crippen LogP contribution in [0.25, 0.3) is 43.6 Å². The Labute approximate surface area is 466 Å². The number of nitrogens with zero attached hydrogens (tertiary/aromatic N) is 2. The third kappa shape index (κ3) is 21.3. The second-order valence-electron chi connectivity index (χ2n) is 26.2. The van der Waals surface area contributed by atoms with E-state index in [0.29, 0.717) is 0 Å². The zero-order chi connectivity index (χ0) is 54.4. The Balaban J connectivity index is 1.18. The molecule has 0 unspecified atom stereocenters. The van der Waals surface area contributed by atoms with E-state index in [1.165, 1.54) is 255 Å². The lowest BCUT2D eigenvalue weighted by atomic mass is 9.86. The maximum atomic E-state index is 14.9. The summed E-state index contributed by atoms with van der Waals surface area (Å²) < 4.78 is 4.79. The first-order valence-corrected chi connectivity index (χ1v) is 33.0. The van der Waals surface area contributed by atoms with Gasteiger partial charge in [0, 0.05) is 34.6 Å². The van der Waals surface area contributed by atoms with E-state index in [4.69, 9.17) is 0 Å². The van der Waals surface area contributed by atoms with Crippen LogP contribution in [0, 0.1) is 0 Å². The van der Waals surface area contributed by atoms with Gasteiger partial charge >= 0.3 is 0 Å². The van der Waals surface area contributed by atoms with Crippen LogP contribution < -0.4 is 10.9 Å². The Morgan fingerprint density at radius 2 is 0.487 bits per heavy atom. The van der Waals surface area contributed by atoms with Crippen LogP contribution in [0.5, 0.6) is 0 Å². The van der Waals surface area contributed by atoms with Gasteiger partial charge in [-0.15, -0.1) is 0 Å². The Bertz CT molecular complexity index is 2330. The molecule has 0 aliphatic heterocycles. The van der Waals surface area contributed by atoms with Gasteiger partial charge in [0.1, 0.15) is 0 Å². The Morgan fingerprint density at radius 3 is 0.711 bits per heavy atom. The predicted molar refractivity (Wildman–Crippen MR) is 338 cm³/mol. The maximum Gasteiger partial charge on any atom is 0.197 e. The van der Waals surface area contributed by atoms with Gasteiger partial charge in [-0.05, 0) is 71.2 Å². The van der Waals surface area contributed by atoms with E-state index >= 15 is 0 Å². The number of hydrogen-bond donors (Lipinski definition) is 0. The molecule has 0 saturated carbocycles. The van der Waals surface area contributed by atoms with Crippen molar-refractivity contribution in [2.45, 2.75) is 336 Å². The van der Waals surface area contributed by atoms with Gasteiger partial charge in [0.2, 0.25) is 0 Å². The summed E-state index contributed by atoms with van der Waals surface area (Å²) in [6.07, 6.45) is 54.7. The highest BCUT2D eigenvalue weighted by molar-refractivity contribution is 6.04. The fourth-order valence-electron chi connectivity index (χ4n) is 12.3. The minimum absolute atomic E-state index is 0.0757. The summed E-state index contributed by atoms with van der Waals surface area (Å²) in [5.41, 5.74) is 6.16. The van der Waals surface area contributed by atoms with Crippen LogP contribution in [0.4, 0.5) is 0 Å². The molecule has 0 spiro atoms. The van der Waals surface area contributed by atoms with E-state index in [9.17, 15) is 9.59 Å². The number of aryl methyl sites for hydroxylation is 2. The summed E-state index contributed by atoms with van der Waals surface area (Å²) >= 11 is 0. The van der Waals surface area contributed by atoms with Crippen LogP contribution >= 0.6 is 0 Å². The summed E-state index contributed by atoms with van der Waals surface area (Å²) in [4.78, 5) is 29.8. The fourth-order valence-corrected chi connectivity index (χ4v) is 12.3. The number of pyridine rings is 2. The summed E-state index contributed by atoms with van der Waals surface area (Å²) in [6.45, 7) is 19.7. The van der Waals surface area contributed by atoms with Gasteiger partial charge in [-0.1, -0.05) is 312 Å². The van der Waals surface area contributed by atoms with Gasteiger partial charge in [0.25, 0.3) is 0 Å². The standard InChI is InChI=1S/C72H116N2O2/c1-9-11-13-15-17-19-21-23-25-27-29-31-33-35-37-39-41-43-45-47-53-73-65-51-49-59(71(3,4)5)55-61(65)69(75)63-58-68-64(57-67(63)73)70(76)62-56-60(72(6,7)8)50-52-66(62)74(68)54-48-46-44-42-40-38-36-34-32-30-28-26-24-22-20-18-16-14-12-10-2/h49-52,55-58H,9-48,53-54H2,1-8H3. The number of benzene rings is 3. The van der Waals surface area contributed by atoms with E-state index in [0.717, 1.165) is 69.5 Å². The summed E-state index contributed by atoms with van der Waals surface area (Å²) in [7, 11) is 0. The summed E-state index contributed by atoms with van der Waals surface area (Å²) in [5, 5.41) is 3.07. The van der Waals surface area contributed by atoms with E-state index in [1.807, 2.05) is 0 Å². The van der Waals surface area contributed by atoms with Crippen molar-refractivity contribution >= 4 is 43.6 Å². The van der Waals surface area contributed by atoms with Gasteiger partial charge in [-0.25, -0.2) is 0 Å². The molecule has 2 heterocycles. The zero-order valence-electron chi connectivity index (χ0n) is 51.0. The molecule has 0 aliphatic carbocycles. The molecule has 4 nitrogen and oxygen atoms in total. The smallest absolute Gasteiger partial charge is 0.197 e. The first kappa shape index (κ1) is 63.4. The molecule has 0 amide bonds. The molecule has 0 radical (unpaired) electrons. The summed E-state index contributed by atoms with van der Waals surface area (Å²) in [6, 6.07) is 17.4. The number of fused-ring (bicyclic) bond motifs is 4. The molecule has 3 aromatic carbocycles. The van der Waals surface area contributed by atoms with Crippen molar-refractivity contribution in [2.75, 3.05) is 0 Å². The highest BCUT2D eigenvalue weighted by atomic mass is 16.1. The molecule has 0 N–H and O–H groups in total. The molecule has 0 bridgehead atoms. The van der Waals surface area contributed by atoms with Crippen molar-refractivity contribution in [2.24, 2.45) is 0 Å². The molecule has 0 saturated heterocycles. The highest BCUT2D eigenvalue weighted by Gasteiger charge is 2.22. The molecule has 0 fully saturated rings. The lowest BCUT2D eigenvalue weighted by Gasteiger charge is -2.23. The van der Waals surface area contributed by atoms with Gasteiger partial charge in [-0.2, -0.15) is 0 Å². The highest BCUT2D eigenvalue weighted by Crippen LogP contribution is 2.32. The van der Waals surface area contributed by atoms with Gasteiger partial charge in [-0.3, -0.25) is 9.59 Å². The number of aromatic nitrogens is 2. The predicted octanol–water partition coefficient (Wildman–Crippen LogP) is 22.9. The normalized spacial score (nSPS) is 12.4. The van der Waals surface area contributed by atoms with Crippen LogP contribution in [-0.2, 0) is 23.9 Å². The molecular formula is C72H116N2O2. The number of unbranched alkanes of at least 4 members (excludes halogenated alkanes) is 38. The Hall–Kier alpha value is -3.40. The SMILES string of the molecule is CCCCCCCCCCCCCCCCCCCCCCn1c2ccc(C(C)(C)C)cc2c(=O)c2cc3c(cc21)c(=O)c1cc(C(C)(C)C)ccc1n3CCCCCCCCCCCCCCCCCCCCCC. The second kappa shape index (κ2) is 35.3. The third-order valence-corrected chi connectivity index (χ3v) is 17.5. The van der Waals surface area contributed by atoms with E-state index in [2.05, 4.69) is 113 Å². The van der Waals surface area contributed by atoms with Crippen LogP contribution in [0.15, 0.2) is 58.1 Å². The van der Waals surface area contributed by atoms with E-state index in [-0.39, 0.29) is 21.7 Å². The quantitative estimate of drug-likeness (QED) is 0.0289. The fraction of sp³-hybridized carbons (Fsp3) is 0.722. The minimum Gasteiger partial charge on any atom is -0.340 e. The molecular weight excluding hydrogens is 925 g/mol. The van der Waals surface area contributed by atoms with E-state index < -0.39 is 0 Å². The van der Waals surface area contributed by atoms with E-state index in [1.54, 1.807) is 0 Å². The van der Waals surface area contributed by atoms with Gasteiger partial charge in [0.15, 0.2) is 10.9 Å². The van der Waals surface area contributed by atoms with Crippen molar-refractivity contribution in [3.63, 3.8) is 0 Å². The van der Waals surface area contributed by atoms with Crippen molar-refractivity contribution in [3.8, 4) is 0 Å². The maximum absolute atomic E-state index is 14.9. The van der Waals surface area contributed by atoms with Crippen molar-refractivity contribution < 1.29 is 0 Å². The first-order valence-electron chi connectivity index (χ1n) is 33.0. The minimum atomic E-state index is -0.0757. The lowest BCUT2D eigenvalue weighted by Crippen LogP contribution is -2.18. The Morgan fingerprint density at radius 1 is 0.276 bits per heavy atom. The summed E-state index contributed by atoms with van der Waals surface area (Å²) in [5.74, 6) is 0. The number of hydrogen-bond acceptors (Lipinski definition) is 2. The van der Waals surface area contributed by atoms with Crippen molar-refractivity contribution in [1.82, 2.24) is 9.13 Å². The molecule has 0 aliphatic rings. The average molecular weight is 1040 g/mol. The average Bonchev–Trinajstić information content (AvgIpc) is 3.46. The molecule has 5 rings (SSSR count). The van der Waals surface area contributed by atoms with Crippen LogP contribution in [0.3, 0.4) is 0 Å². The van der Waals surface area contributed by atoms with Crippen molar-refractivity contribution in [3.05, 3.63) is 80.1 Å². The van der Waals surface area contributed by atoms with Crippen LogP contribution in [-0.4, -0.2) is 9.13 Å². The molecule has 0 atom stereocenters. The molecule has 426 valence electrons. The molecule has 2 aromatic heterocycles. The molecule has 4 heteroatoms. The second-order valence-corrected chi connectivity index (χ2v) is 26.2. The van der Waals surface area contributed by atoms with Gasteiger partial charge in [0.05, 0.1) is 22.1 Å². The van der Waals surface area contributed by atoms with Crippen molar-refractivity contribution in [1.29, 1.82) is 0 Å². The zero-order valence-corrected chi connectivity index (χ0v) is 51.0.